The third kappa shape index (κ3) is 6.35. The van der Waals surface area contributed by atoms with Crippen molar-refractivity contribution in [3.8, 4) is 0 Å². The van der Waals surface area contributed by atoms with Gasteiger partial charge in [0.25, 0.3) is 0 Å². The molecule has 0 saturated carbocycles. The highest BCUT2D eigenvalue weighted by atomic mass is 14.2. The van der Waals surface area contributed by atoms with E-state index in [4.69, 9.17) is 0 Å². The van der Waals surface area contributed by atoms with E-state index >= 15 is 0 Å². The number of hydrogen-bond donors (Lipinski definition) is 0. The van der Waals surface area contributed by atoms with Crippen LogP contribution >= 0.6 is 0 Å². The standard InChI is InChI=1S/C16H32/c1-8-16(10-9-12(2)3)15(7)11-14(6)13(4)5/h12,14-16H,4,8-11H2,1-3,5-7H3. The lowest BCUT2D eigenvalue weighted by Crippen LogP contribution is -2.15. The predicted molar refractivity (Wildman–Crippen MR) is 75.6 cm³/mol. The molecule has 0 amide bonds. The van der Waals surface area contributed by atoms with Gasteiger partial charge in [-0.15, -0.1) is 0 Å². The zero-order chi connectivity index (χ0) is 12.7. The third-order valence-corrected chi connectivity index (χ3v) is 4.01. The molecule has 0 saturated heterocycles. The van der Waals surface area contributed by atoms with E-state index in [0.717, 1.165) is 17.8 Å². The zero-order valence-electron chi connectivity index (χ0n) is 12.3. The van der Waals surface area contributed by atoms with Crippen LogP contribution in [0, 0.1) is 23.7 Å². The Balaban J connectivity index is 4.09. The second-order valence-corrected chi connectivity index (χ2v) is 6.10. The molecule has 0 aromatic rings. The van der Waals surface area contributed by atoms with Crippen molar-refractivity contribution in [3.63, 3.8) is 0 Å². The quantitative estimate of drug-likeness (QED) is 0.465. The zero-order valence-corrected chi connectivity index (χ0v) is 12.3. The van der Waals surface area contributed by atoms with Crippen LogP contribution in [0.25, 0.3) is 0 Å². The van der Waals surface area contributed by atoms with Crippen molar-refractivity contribution in [2.45, 2.75) is 67.2 Å². The lowest BCUT2D eigenvalue weighted by atomic mass is 9.80. The minimum absolute atomic E-state index is 0.683. The first-order valence-corrected chi connectivity index (χ1v) is 7.03. The fourth-order valence-corrected chi connectivity index (χ4v) is 2.39. The molecule has 0 aliphatic carbocycles. The van der Waals surface area contributed by atoms with Gasteiger partial charge >= 0.3 is 0 Å². The number of allylic oxidation sites excluding steroid dienone is 1. The van der Waals surface area contributed by atoms with Crippen LogP contribution in [0.15, 0.2) is 12.2 Å². The molecule has 0 fully saturated rings. The van der Waals surface area contributed by atoms with Gasteiger partial charge in [-0.3, -0.25) is 0 Å². The molecule has 3 atom stereocenters. The molecule has 0 nitrogen and oxygen atoms in total. The Morgan fingerprint density at radius 1 is 1.06 bits per heavy atom. The Morgan fingerprint density at radius 2 is 1.62 bits per heavy atom. The van der Waals surface area contributed by atoms with Crippen LogP contribution in [0.4, 0.5) is 0 Å². The summed E-state index contributed by atoms with van der Waals surface area (Å²) in [5, 5.41) is 0. The second-order valence-electron chi connectivity index (χ2n) is 6.10. The van der Waals surface area contributed by atoms with Crippen molar-refractivity contribution in [2.75, 3.05) is 0 Å². The molecule has 0 aromatic carbocycles. The van der Waals surface area contributed by atoms with Gasteiger partial charge in [-0.1, -0.05) is 59.6 Å². The van der Waals surface area contributed by atoms with Gasteiger partial charge in [0.05, 0.1) is 0 Å². The molecule has 16 heavy (non-hydrogen) atoms. The van der Waals surface area contributed by atoms with Gasteiger partial charge < -0.3 is 0 Å². The molecular weight excluding hydrogens is 192 g/mol. The van der Waals surface area contributed by atoms with E-state index in [0.29, 0.717) is 5.92 Å². The Hall–Kier alpha value is -0.260. The largest absolute Gasteiger partial charge is 0.0999 e. The van der Waals surface area contributed by atoms with E-state index in [1.165, 1.54) is 31.3 Å². The Bertz CT molecular complexity index is 190. The van der Waals surface area contributed by atoms with Gasteiger partial charge in [0.15, 0.2) is 0 Å². The van der Waals surface area contributed by atoms with E-state index in [1.54, 1.807) is 0 Å². The highest BCUT2D eigenvalue weighted by molar-refractivity contribution is 4.94. The van der Waals surface area contributed by atoms with Crippen molar-refractivity contribution in [3.05, 3.63) is 12.2 Å². The molecule has 96 valence electrons. The summed E-state index contributed by atoms with van der Waals surface area (Å²) in [5.41, 5.74) is 1.34. The average Bonchev–Trinajstić information content (AvgIpc) is 2.17. The lowest BCUT2D eigenvalue weighted by Gasteiger charge is -2.26. The maximum Gasteiger partial charge on any atom is -0.0234 e. The fourth-order valence-electron chi connectivity index (χ4n) is 2.39. The minimum Gasteiger partial charge on any atom is -0.0999 e. The number of rotatable bonds is 8. The molecule has 0 heterocycles. The second kappa shape index (κ2) is 7.92. The first-order valence-electron chi connectivity index (χ1n) is 7.03. The Labute approximate surface area is 104 Å². The van der Waals surface area contributed by atoms with E-state index in [-0.39, 0.29) is 0 Å². The monoisotopic (exact) mass is 224 g/mol. The van der Waals surface area contributed by atoms with Crippen molar-refractivity contribution in [1.29, 1.82) is 0 Å². The van der Waals surface area contributed by atoms with Gasteiger partial charge in [0, 0.05) is 0 Å². The molecule has 3 unspecified atom stereocenters. The molecule has 0 aromatic heterocycles. The van der Waals surface area contributed by atoms with E-state index in [9.17, 15) is 0 Å². The van der Waals surface area contributed by atoms with Crippen LogP contribution in [0.5, 0.6) is 0 Å². The summed E-state index contributed by atoms with van der Waals surface area (Å²) >= 11 is 0. The first kappa shape index (κ1) is 15.7. The molecule has 0 bridgehead atoms. The lowest BCUT2D eigenvalue weighted by molar-refractivity contribution is 0.270. The van der Waals surface area contributed by atoms with Crippen LogP contribution in [-0.4, -0.2) is 0 Å². The molecular formula is C16H32. The normalized spacial score (nSPS) is 17.2. The Morgan fingerprint density at radius 3 is 2.00 bits per heavy atom. The fraction of sp³-hybridized carbons (Fsp3) is 0.875. The van der Waals surface area contributed by atoms with Crippen LogP contribution in [-0.2, 0) is 0 Å². The van der Waals surface area contributed by atoms with E-state index < -0.39 is 0 Å². The van der Waals surface area contributed by atoms with Gasteiger partial charge in [-0.25, -0.2) is 0 Å². The average molecular weight is 224 g/mol. The van der Waals surface area contributed by atoms with Gasteiger partial charge in [0.1, 0.15) is 0 Å². The predicted octanol–water partition coefficient (Wildman–Crippen LogP) is 5.69. The molecule has 0 spiro atoms. The molecule has 0 aliphatic rings. The maximum atomic E-state index is 4.07. The van der Waals surface area contributed by atoms with Crippen molar-refractivity contribution in [1.82, 2.24) is 0 Å². The summed E-state index contributed by atoms with van der Waals surface area (Å²) in [6, 6.07) is 0. The number of hydrogen-bond acceptors (Lipinski definition) is 0. The van der Waals surface area contributed by atoms with E-state index in [1.807, 2.05) is 0 Å². The summed E-state index contributed by atoms with van der Waals surface area (Å²) in [4.78, 5) is 0. The summed E-state index contributed by atoms with van der Waals surface area (Å²) < 4.78 is 0. The SMILES string of the molecule is C=C(C)C(C)CC(C)C(CC)CCC(C)C. The minimum atomic E-state index is 0.683. The summed E-state index contributed by atoms with van der Waals surface area (Å²) in [6.45, 7) is 18.0. The van der Waals surface area contributed by atoms with Crippen LogP contribution in [0.2, 0.25) is 0 Å². The highest BCUT2D eigenvalue weighted by Gasteiger charge is 2.18. The summed E-state index contributed by atoms with van der Waals surface area (Å²) in [6.07, 6.45) is 5.42. The van der Waals surface area contributed by atoms with Crippen molar-refractivity contribution < 1.29 is 0 Å². The van der Waals surface area contributed by atoms with Gasteiger partial charge in [-0.2, -0.15) is 0 Å². The van der Waals surface area contributed by atoms with Crippen molar-refractivity contribution >= 4 is 0 Å². The first-order chi connectivity index (χ1) is 7.38. The smallest absolute Gasteiger partial charge is 0.0234 e. The highest BCUT2D eigenvalue weighted by Crippen LogP contribution is 2.29. The molecule has 0 rings (SSSR count). The van der Waals surface area contributed by atoms with Gasteiger partial charge in [0.2, 0.25) is 0 Å². The maximum absolute atomic E-state index is 4.07. The molecule has 0 N–H and O–H groups in total. The van der Waals surface area contributed by atoms with Crippen LogP contribution in [0.3, 0.4) is 0 Å². The van der Waals surface area contributed by atoms with Crippen molar-refractivity contribution in [2.24, 2.45) is 23.7 Å². The molecule has 0 heteroatoms. The van der Waals surface area contributed by atoms with Crippen LogP contribution < -0.4 is 0 Å². The molecule has 0 radical (unpaired) electrons. The summed E-state index contributed by atoms with van der Waals surface area (Å²) in [7, 11) is 0. The van der Waals surface area contributed by atoms with Crippen LogP contribution in [0.1, 0.15) is 67.2 Å². The third-order valence-electron chi connectivity index (χ3n) is 4.01. The topological polar surface area (TPSA) is 0 Å². The van der Waals surface area contributed by atoms with E-state index in [2.05, 4.69) is 48.1 Å². The summed E-state index contributed by atoms with van der Waals surface area (Å²) in [5.74, 6) is 3.28. The Kier molecular flexibility index (Phi) is 7.80. The van der Waals surface area contributed by atoms with Gasteiger partial charge in [-0.05, 0) is 43.4 Å². The molecule has 0 aliphatic heterocycles.